The van der Waals surface area contributed by atoms with Gasteiger partial charge >= 0.3 is 0 Å². The van der Waals surface area contributed by atoms with Crippen molar-refractivity contribution in [1.82, 2.24) is 18.9 Å². The van der Waals surface area contributed by atoms with Gasteiger partial charge < -0.3 is 4.40 Å². The van der Waals surface area contributed by atoms with Crippen molar-refractivity contribution in [3.63, 3.8) is 0 Å². The molecular weight excluding hydrogens is 705 g/mol. The van der Waals surface area contributed by atoms with Crippen LogP contribution in [0.5, 0.6) is 0 Å². The van der Waals surface area contributed by atoms with E-state index in [1.165, 1.54) is 81.9 Å². The molecule has 4 heterocycles. The van der Waals surface area contributed by atoms with E-state index in [1.54, 1.807) is 0 Å². The van der Waals surface area contributed by atoms with Gasteiger partial charge in [0, 0.05) is 43.3 Å². The Bertz CT molecular complexity index is 3780. The summed E-state index contributed by atoms with van der Waals surface area (Å²) in [6.07, 6.45) is 0. The van der Waals surface area contributed by atoms with Crippen molar-refractivity contribution in [3.8, 4) is 39.5 Å². The van der Waals surface area contributed by atoms with Crippen LogP contribution in [-0.2, 0) is 0 Å². The van der Waals surface area contributed by atoms with Gasteiger partial charge in [-0.25, -0.2) is 9.97 Å². The third-order valence-corrected chi connectivity index (χ3v) is 12.2. The molecule has 268 valence electrons. The third-order valence-electron chi connectivity index (χ3n) is 12.2. The molecule has 0 aliphatic heterocycles. The first-order valence-electron chi connectivity index (χ1n) is 19.8. The Morgan fingerprint density at radius 2 is 0.931 bits per heavy atom. The molecule has 0 atom stereocenters. The lowest BCUT2D eigenvalue weighted by Crippen LogP contribution is -2.03. The van der Waals surface area contributed by atoms with Crippen LogP contribution in [-0.4, -0.2) is 18.9 Å². The predicted octanol–water partition coefficient (Wildman–Crippen LogP) is 14.0. The zero-order valence-electron chi connectivity index (χ0n) is 31.3. The molecule has 0 saturated heterocycles. The van der Waals surface area contributed by atoms with Crippen LogP contribution >= 0.6 is 0 Å². The van der Waals surface area contributed by atoms with Gasteiger partial charge in [0.15, 0.2) is 0 Å². The summed E-state index contributed by atoms with van der Waals surface area (Å²) in [6, 6.07) is 70.0. The summed E-state index contributed by atoms with van der Waals surface area (Å²) in [5.41, 5.74) is 13.5. The maximum atomic E-state index is 5.56. The highest BCUT2D eigenvalue weighted by Crippen LogP contribution is 2.47. The van der Waals surface area contributed by atoms with Gasteiger partial charge in [0.05, 0.1) is 38.8 Å². The molecule has 13 aromatic rings. The standard InChI is InChI=1S/C54H32N4/c1-2-12-33(13-3-1)35-22-24-36(25-23-35)38-28-29-49-43(31-38)45-32-44-40-16-7-10-20-47(40)57-48-21-11-8-18-42(48)50(52(44)57)53(45)58(49)54-55-46-19-9-6-17-41(46)51(56-54)39-27-26-34-14-4-5-15-37(34)30-39/h1-32H. The molecule has 0 radical (unpaired) electrons. The topological polar surface area (TPSA) is 35.1 Å². The molecule has 0 amide bonds. The minimum atomic E-state index is 0.657. The van der Waals surface area contributed by atoms with E-state index in [0.717, 1.165) is 33.2 Å². The first-order chi connectivity index (χ1) is 28.8. The summed E-state index contributed by atoms with van der Waals surface area (Å²) in [7, 11) is 0. The quantitative estimate of drug-likeness (QED) is 0.180. The highest BCUT2D eigenvalue weighted by molar-refractivity contribution is 6.34. The highest BCUT2D eigenvalue weighted by atomic mass is 15.2. The Balaban J connectivity index is 1.15. The second-order valence-corrected chi connectivity index (χ2v) is 15.4. The lowest BCUT2D eigenvalue weighted by Gasteiger charge is -2.13. The van der Waals surface area contributed by atoms with Crippen LogP contribution in [0, 0.1) is 0 Å². The number of fused-ring (bicyclic) bond motifs is 12. The van der Waals surface area contributed by atoms with Crippen LogP contribution in [0.1, 0.15) is 0 Å². The number of nitrogens with zero attached hydrogens (tertiary/aromatic N) is 4. The van der Waals surface area contributed by atoms with Crippen molar-refractivity contribution >= 4 is 81.6 Å². The fraction of sp³-hybridized carbons (Fsp3) is 0. The third kappa shape index (κ3) is 4.40. The Labute approximate surface area is 332 Å². The number of hydrogen-bond acceptors (Lipinski definition) is 2. The molecule has 0 N–H and O–H groups in total. The first kappa shape index (κ1) is 31.4. The Morgan fingerprint density at radius 1 is 0.328 bits per heavy atom. The molecule has 9 aromatic carbocycles. The van der Waals surface area contributed by atoms with Crippen molar-refractivity contribution in [2.75, 3.05) is 0 Å². The summed E-state index contributed by atoms with van der Waals surface area (Å²) in [6.45, 7) is 0. The Hall–Kier alpha value is -7.82. The highest BCUT2D eigenvalue weighted by Gasteiger charge is 2.26. The first-order valence-corrected chi connectivity index (χ1v) is 19.8. The van der Waals surface area contributed by atoms with Gasteiger partial charge in [-0.1, -0.05) is 152 Å². The Kier molecular flexibility index (Phi) is 6.41. The smallest absolute Gasteiger partial charge is 0.235 e. The average molecular weight is 737 g/mol. The largest absolute Gasteiger partial charge is 0.308 e. The second-order valence-electron chi connectivity index (χ2n) is 15.4. The minimum Gasteiger partial charge on any atom is -0.308 e. The van der Waals surface area contributed by atoms with Crippen molar-refractivity contribution in [2.45, 2.75) is 0 Å². The molecular formula is C54H32N4. The van der Waals surface area contributed by atoms with Gasteiger partial charge in [-0.2, -0.15) is 0 Å². The van der Waals surface area contributed by atoms with Crippen LogP contribution in [0.25, 0.3) is 121 Å². The summed E-state index contributed by atoms with van der Waals surface area (Å²) >= 11 is 0. The van der Waals surface area contributed by atoms with E-state index in [9.17, 15) is 0 Å². The summed E-state index contributed by atoms with van der Waals surface area (Å²) < 4.78 is 4.79. The van der Waals surface area contributed by atoms with Crippen LogP contribution in [0.2, 0.25) is 0 Å². The van der Waals surface area contributed by atoms with Crippen LogP contribution in [0.3, 0.4) is 0 Å². The van der Waals surface area contributed by atoms with Gasteiger partial charge in [-0.15, -0.1) is 0 Å². The molecule has 4 nitrogen and oxygen atoms in total. The van der Waals surface area contributed by atoms with Gasteiger partial charge in [-0.3, -0.25) is 4.57 Å². The zero-order valence-corrected chi connectivity index (χ0v) is 31.3. The fourth-order valence-electron chi connectivity index (χ4n) is 9.60. The van der Waals surface area contributed by atoms with E-state index in [-0.39, 0.29) is 0 Å². The van der Waals surface area contributed by atoms with Crippen molar-refractivity contribution in [1.29, 1.82) is 0 Å². The van der Waals surface area contributed by atoms with Gasteiger partial charge in [0.1, 0.15) is 0 Å². The molecule has 0 aliphatic rings. The summed E-state index contributed by atoms with van der Waals surface area (Å²) in [5.74, 6) is 0.657. The Morgan fingerprint density at radius 3 is 1.76 bits per heavy atom. The van der Waals surface area contributed by atoms with Gasteiger partial charge in [-0.05, 0) is 75.5 Å². The van der Waals surface area contributed by atoms with Crippen molar-refractivity contribution in [2.24, 2.45) is 0 Å². The second kappa shape index (κ2) is 11.8. The van der Waals surface area contributed by atoms with E-state index in [2.05, 4.69) is 203 Å². The van der Waals surface area contributed by atoms with Crippen molar-refractivity contribution < 1.29 is 0 Å². The number of para-hydroxylation sites is 3. The number of hydrogen-bond donors (Lipinski definition) is 0. The number of rotatable bonds is 4. The molecule has 0 aliphatic carbocycles. The maximum Gasteiger partial charge on any atom is 0.235 e. The van der Waals surface area contributed by atoms with Gasteiger partial charge in [0.25, 0.3) is 0 Å². The van der Waals surface area contributed by atoms with Crippen LogP contribution in [0.4, 0.5) is 0 Å². The van der Waals surface area contributed by atoms with Crippen molar-refractivity contribution in [3.05, 3.63) is 194 Å². The number of benzene rings is 9. The van der Waals surface area contributed by atoms with E-state index in [0.29, 0.717) is 5.95 Å². The van der Waals surface area contributed by atoms with E-state index in [1.807, 2.05) is 0 Å². The minimum absolute atomic E-state index is 0.657. The molecule has 0 fully saturated rings. The molecule has 4 aromatic heterocycles. The zero-order chi connectivity index (χ0) is 37.9. The monoisotopic (exact) mass is 736 g/mol. The van der Waals surface area contributed by atoms with Crippen LogP contribution in [0.15, 0.2) is 194 Å². The lowest BCUT2D eigenvalue weighted by molar-refractivity contribution is 1.02. The van der Waals surface area contributed by atoms with E-state index < -0.39 is 0 Å². The predicted molar refractivity (Wildman–Crippen MR) is 242 cm³/mol. The molecule has 0 bridgehead atoms. The summed E-state index contributed by atoms with van der Waals surface area (Å²) in [4.78, 5) is 11.0. The molecule has 0 unspecified atom stereocenters. The van der Waals surface area contributed by atoms with Gasteiger partial charge in [0.2, 0.25) is 5.95 Å². The molecule has 4 heteroatoms. The lowest BCUT2D eigenvalue weighted by atomic mass is 9.98. The normalized spacial score (nSPS) is 12.1. The molecule has 13 rings (SSSR count). The molecule has 0 spiro atoms. The molecule has 0 saturated carbocycles. The maximum absolute atomic E-state index is 5.56. The van der Waals surface area contributed by atoms with Crippen LogP contribution < -0.4 is 0 Å². The van der Waals surface area contributed by atoms with E-state index in [4.69, 9.17) is 9.97 Å². The molecule has 58 heavy (non-hydrogen) atoms. The van der Waals surface area contributed by atoms with E-state index >= 15 is 0 Å². The SMILES string of the molecule is c1ccc(-c2ccc(-c3ccc4c(c3)c3cc5c6ccccc6n6c7ccccc7c(c3n4-c3nc(-c4ccc7ccccc7c4)c4ccccc4n3)c56)cc2)cc1. The number of aromatic nitrogens is 4. The average Bonchev–Trinajstić information content (AvgIpc) is 3.93. The fourth-order valence-corrected chi connectivity index (χ4v) is 9.60. The summed E-state index contributed by atoms with van der Waals surface area (Å²) in [5, 5.41) is 10.7.